The average molecular weight is 313 g/mol. The lowest BCUT2D eigenvalue weighted by molar-refractivity contribution is -0.128. The Morgan fingerprint density at radius 2 is 2.17 bits per heavy atom. The number of nitrogens with zero attached hydrogens (tertiary/aromatic N) is 4. The van der Waals surface area contributed by atoms with Crippen molar-refractivity contribution in [3.8, 4) is 0 Å². The van der Waals surface area contributed by atoms with Gasteiger partial charge < -0.3 is 10.2 Å². The van der Waals surface area contributed by atoms with Gasteiger partial charge in [-0.1, -0.05) is 0 Å². The molecule has 0 spiro atoms. The average Bonchev–Trinajstić information content (AvgIpc) is 3.22. The Morgan fingerprint density at radius 1 is 1.39 bits per heavy atom. The molecule has 2 amide bonds. The summed E-state index contributed by atoms with van der Waals surface area (Å²) in [6.07, 6.45) is 4.09. The molecule has 1 aliphatic carbocycles. The number of pyridine rings is 1. The lowest BCUT2D eigenvalue weighted by Gasteiger charge is -2.15. The summed E-state index contributed by atoms with van der Waals surface area (Å²) in [6, 6.07) is 2.26. The molecule has 1 saturated heterocycles. The van der Waals surface area contributed by atoms with E-state index in [-0.39, 0.29) is 17.7 Å². The summed E-state index contributed by atoms with van der Waals surface area (Å²) >= 11 is 0. The van der Waals surface area contributed by atoms with Crippen LogP contribution in [0.25, 0.3) is 11.0 Å². The number of fused-ring (bicyclic) bond motifs is 1. The van der Waals surface area contributed by atoms with Gasteiger partial charge in [0.15, 0.2) is 5.65 Å². The second-order valence-corrected chi connectivity index (χ2v) is 6.47. The summed E-state index contributed by atoms with van der Waals surface area (Å²) in [5.41, 5.74) is 2.31. The van der Waals surface area contributed by atoms with Crippen LogP contribution in [0.3, 0.4) is 0 Å². The van der Waals surface area contributed by atoms with Crippen LogP contribution < -0.4 is 5.32 Å². The van der Waals surface area contributed by atoms with Crippen molar-refractivity contribution >= 4 is 28.5 Å². The molecule has 0 bridgehead atoms. The standard InChI is InChI=1S/C16H19N5O2/c1-9-13-6-11(7-17-15(13)20(2)19-9)18-16(23)10-5-14(22)21(8-10)12-3-4-12/h6-7,10,12H,3-5,8H2,1-2H3,(H,18,23)/t10-/m1/s1. The number of hydrogen-bond donors (Lipinski definition) is 1. The number of amides is 2. The summed E-state index contributed by atoms with van der Waals surface area (Å²) in [4.78, 5) is 30.6. The molecule has 0 aromatic carbocycles. The number of aryl methyl sites for hydroxylation is 2. The highest BCUT2D eigenvalue weighted by atomic mass is 16.2. The smallest absolute Gasteiger partial charge is 0.229 e. The molecule has 2 aromatic rings. The number of aromatic nitrogens is 3. The van der Waals surface area contributed by atoms with Gasteiger partial charge in [0.2, 0.25) is 11.8 Å². The Hall–Kier alpha value is -2.44. The minimum Gasteiger partial charge on any atom is -0.339 e. The van der Waals surface area contributed by atoms with E-state index in [4.69, 9.17) is 0 Å². The van der Waals surface area contributed by atoms with Crippen LogP contribution in [0.1, 0.15) is 25.0 Å². The Morgan fingerprint density at radius 3 is 2.91 bits per heavy atom. The second-order valence-electron chi connectivity index (χ2n) is 6.47. The summed E-state index contributed by atoms with van der Waals surface area (Å²) in [6.45, 7) is 2.45. The van der Waals surface area contributed by atoms with E-state index in [1.54, 1.807) is 10.9 Å². The monoisotopic (exact) mass is 313 g/mol. The Bertz CT molecular complexity index is 808. The number of likely N-dealkylation sites (tertiary alicyclic amines) is 1. The van der Waals surface area contributed by atoms with Crippen molar-refractivity contribution < 1.29 is 9.59 Å². The number of anilines is 1. The van der Waals surface area contributed by atoms with Gasteiger partial charge >= 0.3 is 0 Å². The number of hydrogen-bond acceptors (Lipinski definition) is 4. The van der Waals surface area contributed by atoms with Crippen LogP contribution in [0.2, 0.25) is 0 Å². The van der Waals surface area contributed by atoms with Gasteiger partial charge in [-0.25, -0.2) is 4.98 Å². The van der Waals surface area contributed by atoms with E-state index in [1.165, 1.54) is 0 Å². The first-order valence-corrected chi connectivity index (χ1v) is 7.92. The maximum absolute atomic E-state index is 12.4. The van der Waals surface area contributed by atoms with E-state index >= 15 is 0 Å². The highest BCUT2D eigenvalue weighted by Gasteiger charge is 2.41. The zero-order valence-corrected chi connectivity index (χ0v) is 13.2. The van der Waals surface area contributed by atoms with Crippen LogP contribution in [0.5, 0.6) is 0 Å². The van der Waals surface area contributed by atoms with Crippen molar-refractivity contribution in [1.29, 1.82) is 0 Å². The molecule has 0 radical (unpaired) electrons. The van der Waals surface area contributed by atoms with E-state index < -0.39 is 0 Å². The predicted molar refractivity (Wildman–Crippen MR) is 84.7 cm³/mol. The van der Waals surface area contributed by atoms with Crippen molar-refractivity contribution in [2.45, 2.75) is 32.2 Å². The van der Waals surface area contributed by atoms with Crippen LogP contribution in [0.4, 0.5) is 5.69 Å². The molecule has 0 unspecified atom stereocenters. The summed E-state index contributed by atoms with van der Waals surface area (Å²) < 4.78 is 1.72. The fourth-order valence-corrected chi connectivity index (χ4v) is 3.27. The molecule has 1 saturated carbocycles. The van der Waals surface area contributed by atoms with E-state index in [1.807, 2.05) is 24.9 Å². The van der Waals surface area contributed by atoms with Crippen LogP contribution in [-0.4, -0.2) is 44.1 Å². The van der Waals surface area contributed by atoms with Gasteiger partial charge in [-0.3, -0.25) is 14.3 Å². The number of carbonyl (C=O) groups excluding carboxylic acids is 2. The molecule has 1 N–H and O–H groups in total. The number of nitrogens with one attached hydrogen (secondary N) is 1. The maximum Gasteiger partial charge on any atom is 0.229 e. The minimum atomic E-state index is -0.270. The number of carbonyl (C=O) groups is 2. The third-order valence-electron chi connectivity index (χ3n) is 4.65. The summed E-state index contributed by atoms with van der Waals surface area (Å²) in [5.74, 6) is -0.276. The van der Waals surface area contributed by atoms with Crippen molar-refractivity contribution in [2.75, 3.05) is 11.9 Å². The van der Waals surface area contributed by atoms with Crippen molar-refractivity contribution in [3.05, 3.63) is 18.0 Å². The molecule has 2 aromatic heterocycles. The largest absolute Gasteiger partial charge is 0.339 e. The summed E-state index contributed by atoms with van der Waals surface area (Å²) in [5, 5.41) is 8.14. The molecule has 2 aliphatic rings. The molecule has 3 heterocycles. The van der Waals surface area contributed by atoms with Crippen LogP contribution in [0.15, 0.2) is 12.3 Å². The molecule has 23 heavy (non-hydrogen) atoms. The third-order valence-corrected chi connectivity index (χ3v) is 4.65. The molecular formula is C16H19N5O2. The fraction of sp³-hybridized carbons (Fsp3) is 0.500. The highest BCUT2D eigenvalue weighted by Crippen LogP contribution is 2.33. The van der Waals surface area contributed by atoms with Crippen LogP contribution >= 0.6 is 0 Å². The Labute approximate surface area is 133 Å². The molecule has 1 atom stereocenters. The van der Waals surface area contributed by atoms with E-state index in [0.717, 1.165) is 29.6 Å². The van der Waals surface area contributed by atoms with Gasteiger partial charge in [-0.15, -0.1) is 0 Å². The minimum absolute atomic E-state index is 0.101. The molecule has 1 aliphatic heterocycles. The van der Waals surface area contributed by atoms with E-state index in [0.29, 0.717) is 24.7 Å². The quantitative estimate of drug-likeness (QED) is 0.924. The van der Waals surface area contributed by atoms with Crippen LogP contribution in [0, 0.1) is 12.8 Å². The van der Waals surface area contributed by atoms with E-state index in [2.05, 4.69) is 15.4 Å². The SMILES string of the molecule is Cc1nn(C)c2ncc(NC(=O)[C@@H]3CC(=O)N(C4CC4)C3)cc12. The van der Waals surface area contributed by atoms with Crippen molar-refractivity contribution in [2.24, 2.45) is 13.0 Å². The van der Waals surface area contributed by atoms with E-state index in [9.17, 15) is 9.59 Å². The molecule has 7 nitrogen and oxygen atoms in total. The van der Waals surface area contributed by atoms with Gasteiger partial charge in [0.05, 0.1) is 23.5 Å². The highest BCUT2D eigenvalue weighted by molar-refractivity contribution is 5.98. The molecule has 4 rings (SSSR count). The number of rotatable bonds is 3. The molecule has 120 valence electrons. The van der Waals surface area contributed by atoms with Gasteiger partial charge in [-0.2, -0.15) is 5.10 Å². The zero-order valence-electron chi connectivity index (χ0n) is 13.2. The topological polar surface area (TPSA) is 80.1 Å². The Balaban J connectivity index is 1.50. The lowest BCUT2D eigenvalue weighted by Crippen LogP contribution is -2.29. The first kappa shape index (κ1) is 14.2. The first-order valence-electron chi connectivity index (χ1n) is 7.92. The van der Waals surface area contributed by atoms with Gasteiger partial charge in [0.1, 0.15) is 0 Å². The summed E-state index contributed by atoms with van der Waals surface area (Å²) in [7, 11) is 1.84. The van der Waals surface area contributed by atoms with Crippen LogP contribution in [-0.2, 0) is 16.6 Å². The predicted octanol–water partition coefficient (Wildman–Crippen LogP) is 1.23. The zero-order chi connectivity index (χ0) is 16.1. The molecule has 7 heteroatoms. The second kappa shape index (κ2) is 5.04. The molecule has 2 fully saturated rings. The normalized spacial score (nSPS) is 21.2. The maximum atomic E-state index is 12.4. The van der Waals surface area contributed by atoms with Crippen molar-refractivity contribution in [1.82, 2.24) is 19.7 Å². The van der Waals surface area contributed by atoms with Gasteiger partial charge in [-0.05, 0) is 25.8 Å². The van der Waals surface area contributed by atoms with Crippen molar-refractivity contribution in [3.63, 3.8) is 0 Å². The molecular weight excluding hydrogens is 294 g/mol. The fourth-order valence-electron chi connectivity index (χ4n) is 3.27. The third kappa shape index (κ3) is 2.46. The van der Waals surface area contributed by atoms with Gasteiger partial charge in [0, 0.05) is 31.4 Å². The lowest BCUT2D eigenvalue weighted by atomic mass is 10.1. The van der Waals surface area contributed by atoms with Gasteiger partial charge in [0.25, 0.3) is 0 Å². The first-order chi connectivity index (χ1) is 11.0. The Kier molecular flexibility index (Phi) is 3.11.